The Kier molecular flexibility index (Phi) is 4.10. The largest absolute Gasteiger partial charge is 0.338 e. The molecule has 0 spiro atoms. The highest BCUT2D eigenvalue weighted by Gasteiger charge is 2.30. The van der Waals surface area contributed by atoms with Gasteiger partial charge in [-0.3, -0.25) is 10.00 Å². The van der Waals surface area contributed by atoms with Crippen LogP contribution in [0.15, 0.2) is 30.6 Å². The maximum absolute atomic E-state index is 14.3. The van der Waals surface area contributed by atoms with Gasteiger partial charge in [0.05, 0.1) is 17.9 Å². The van der Waals surface area contributed by atoms with E-state index >= 15 is 0 Å². The Bertz CT molecular complexity index is 957. The van der Waals surface area contributed by atoms with Crippen molar-refractivity contribution in [2.24, 2.45) is 0 Å². The van der Waals surface area contributed by atoms with Crippen LogP contribution in [-0.4, -0.2) is 70.4 Å². The smallest absolute Gasteiger partial charge is 0.227 e. The van der Waals surface area contributed by atoms with Crippen LogP contribution in [0.2, 0.25) is 0 Å². The summed E-state index contributed by atoms with van der Waals surface area (Å²) in [5, 5.41) is 14.4. The van der Waals surface area contributed by atoms with Gasteiger partial charge in [0.25, 0.3) is 0 Å². The molecule has 0 radical (unpaired) electrons. The van der Waals surface area contributed by atoms with E-state index in [1.807, 2.05) is 18.2 Å². The molecule has 0 aliphatic carbocycles. The summed E-state index contributed by atoms with van der Waals surface area (Å²) in [6.07, 6.45) is 2.98. The van der Waals surface area contributed by atoms with E-state index in [1.54, 1.807) is 6.20 Å². The van der Waals surface area contributed by atoms with E-state index < -0.39 is 5.82 Å². The molecule has 8 nitrogen and oxygen atoms in total. The molecule has 4 heterocycles. The molecule has 3 aromatic rings. The van der Waals surface area contributed by atoms with E-state index in [0.717, 1.165) is 55.9 Å². The number of rotatable bonds is 3. The Balaban J connectivity index is 1.37. The number of piperazine rings is 2. The van der Waals surface area contributed by atoms with Gasteiger partial charge in [-0.05, 0) is 18.2 Å². The zero-order valence-electron chi connectivity index (χ0n) is 14.8. The van der Waals surface area contributed by atoms with Crippen molar-refractivity contribution in [3.63, 3.8) is 0 Å². The first-order valence-corrected chi connectivity index (χ1v) is 9.19. The minimum absolute atomic E-state index is 0.187. The number of aromatic amines is 1. The Morgan fingerprint density at radius 1 is 1.19 bits per heavy atom. The molecule has 2 fully saturated rings. The molecule has 1 atom stereocenters. The number of H-pyrrole nitrogens is 1. The topological polar surface area (TPSA) is 85.0 Å². The molecular weight excluding hydrogens is 347 g/mol. The first-order valence-electron chi connectivity index (χ1n) is 9.19. The van der Waals surface area contributed by atoms with Crippen molar-refractivity contribution in [1.29, 1.82) is 0 Å². The van der Waals surface area contributed by atoms with E-state index in [4.69, 9.17) is 0 Å². The second-order valence-corrected chi connectivity index (χ2v) is 7.00. The number of nitrogens with zero attached hydrogens (tertiary/aromatic N) is 5. The molecule has 1 aromatic carbocycles. The van der Waals surface area contributed by atoms with Crippen molar-refractivity contribution < 1.29 is 4.39 Å². The number of hydrogen-bond acceptors (Lipinski definition) is 7. The van der Waals surface area contributed by atoms with Crippen LogP contribution >= 0.6 is 0 Å². The van der Waals surface area contributed by atoms with Gasteiger partial charge in [-0.2, -0.15) is 10.1 Å². The third-order valence-corrected chi connectivity index (χ3v) is 5.28. The van der Waals surface area contributed by atoms with Gasteiger partial charge in [0.1, 0.15) is 0 Å². The number of benzene rings is 1. The molecule has 5 rings (SSSR count). The fourth-order valence-electron chi connectivity index (χ4n) is 3.81. The molecular formula is C18H21FN8. The monoisotopic (exact) mass is 368 g/mol. The first-order chi connectivity index (χ1) is 13.3. The number of aromatic nitrogens is 4. The van der Waals surface area contributed by atoms with Crippen LogP contribution in [0.1, 0.15) is 0 Å². The van der Waals surface area contributed by atoms with Crippen molar-refractivity contribution >= 4 is 28.4 Å². The van der Waals surface area contributed by atoms with Crippen molar-refractivity contribution in [3.05, 3.63) is 36.4 Å². The summed E-state index contributed by atoms with van der Waals surface area (Å²) in [5.74, 6) is 0.282. The van der Waals surface area contributed by atoms with Gasteiger partial charge < -0.3 is 15.5 Å². The van der Waals surface area contributed by atoms with Crippen LogP contribution < -0.4 is 15.5 Å². The van der Waals surface area contributed by atoms with E-state index in [9.17, 15) is 4.39 Å². The van der Waals surface area contributed by atoms with Crippen LogP contribution in [0.3, 0.4) is 0 Å². The van der Waals surface area contributed by atoms with Gasteiger partial charge in [0.2, 0.25) is 5.95 Å². The minimum Gasteiger partial charge on any atom is -0.338 e. The maximum atomic E-state index is 14.3. The summed E-state index contributed by atoms with van der Waals surface area (Å²) in [4.78, 5) is 13.3. The Morgan fingerprint density at radius 2 is 2.15 bits per heavy atom. The van der Waals surface area contributed by atoms with Gasteiger partial charge in [-0.1, -0.05) is 0 Å². The molecule has 9 heteroatoms. The third-order valence-electron chi connectivity index (χ3n) is 5.28. The summed E-state index contributed by atoms with van der Waals surface area (Å²) >= 11 is 0. The molecule has 3 N–H and O–H groups in total. The predicted molar refractivity (Wildman–Crippen MR) is 102 cm³/mol. The Morgan fingerprint density at radius 3 is 3.11 bits per heavy atom. The Hall–Kier alpha value is -2.78. The third kappa shape index (κ3) is 3.19. The highest BCUT2D eigenvalue weighted by Crippen LogP contribution is 2.24. The molecule has 0 saturated carbocycles. The van der Waals surface area contributed by atoms with Crippen LogP contribution in [0, 0.1) is 5.82 Å². The summed E-state index contributed by atoms with van der Waals surface area (Å²) in [5.41, 5.74) is 1.69. The zero-order valence-corrected chi connectivity index (χ0v) is 14.8. The van der Waals surface area contributed by atoms with Crippen LogP contribution in [-0.2, 0) is 0 Å². The summed E-state index contributed by atoms with van der Waals surface area (Å²) in [6.45, 7) is 5.76. The quantitative estimate of drug-likeness (QED) is 0.643. The number of anilines is 3. The van der Waals surface area contributed by atoms with Gasteiger partial charge in [0.15, 0.2) is 11.6 Å². The normalized spacial score (nSPS) is 20.6. The fraction of sp³-hybridized carbons (Fsp3) is 0.389. The molecule has 2 aliphatic heterocycles. The molecule has 2 saturated heterocycles. The van der Waals surface area contributed by atoms with Gasteiger partial charge in [0, 0.05) is 56.4 Å². The van der Waals surface area contributed by atoms with Crippen LogP contribution in [0.25, 0.3) is 10.9 Å². The first kappa shape index (κ1) is 16.4. The van der Waals surface area contributed by atoms with Crippen LogP contribution in [0.4, 0.5) is 21.8 Å². The summed E-state index contributed by atoms with van der Waals surface area (Å²) < 4.78 is 14.3. The number of fused-ring (bicyclic) bond motifs is 2. The lowest BCUT2D eigenvalue weighted by Gasteiger charge is -2.44. The highest BCUT2D eigenvalue weighted by atomic mass is 19.1. The zero-order chi connectivity index (χ0) is 18.2. The van der Waals surface area contributed by atoms with Gasteiger partial charge >= 0.3 is 0 Å². The number of hydrogen-bond donors (Lipinski definition) is 3. The van der Waals surface area contributed by atoms with Crippen LogP contribution in [0.5, 0.6) is 0 Å². The standard InChI is InChI=1S/C18H21FN8/c19-15-10-21-18(27-6-5-26-4-3-20-9-14(26)11-27)24-17(15)23-13-1-2-16-12(7-13)8-22-25-16/h1-2,7-8,10,14,20H,3-6,9,11H2,(H,22,25)(H,21,23,24). The second kappa shape index (κ2) is 6.75. The molecule has 27 heavy (non-hydrogen) atoms. The fourth-order valence-corrected chi connectivity index (χ4v) is 3.81. The molecule has 140 valence electrons. The minimum atomic E-state index is -0.469. The molecule has 0 amide bonds. The van der Waals surface area contributed by atoms with Crippen molar-refractivity contribution in [2.45, 2.75) is 6.04 Å². The lowest BCUT2D eigenvalue weighted by molar-refractivity contribution is 0.145. The number of halogens is 1. The van der Waals surface area contributed by atoms with E-state index in [-0.39, 0.29) is 5.82 Å². The van der Waals surface area contributed by atoms with Gasteiger partial charge in [-0.15, -0.1) is 0 Å². The van der Waals surface area contributed by atoms with E-state index in [0.29, 0.717) is 12.0 Å². The summed E-state index contributed by atoms with van der Waals surface area (Å²) in [6, 6.07) is 6.13. The lowest BCUT2D eigenvalue weighted by atomic mass is 10.1. The molecule has 2 aromatic heterocycles. The predicted octanol–water partition coefficient (Wildman–Crippen LogP) is 1.33. The molecule has 1 unspecified atom stereocenters. The molecule has 0 bridgehead atoms. The van der Waals surface area contributed by atoms with E-state index in [2.05, 4.69) is 40.6 Å². The SMILES string of the molecule is Fc1cnc(N2CCN3CCNCC3C2)nc1Nc1ccc2[nH]ncc2c1. The van der Waals surface area contributed by atoms with Crippen molar-refractivity contribution in [2.75, 3.05) is 49.5 Å². The maximum Gasteiger partial charge on any atom is 0.227 e. The van der Waals surface area contributed by atoms with Gasteiger partial charge in [-0.25, -0.2) is 9.37 Å². The summed E-state index contributed by atoms with van der Waals surface area (Å²) in [7, 11) is 0. The average molecular weight is 368 g/mol. The second-order valence-electron chi connectivity index (χ2n) is 7.00. The lowest BCUT2D eigenvalue weighted by Crippen LogP contribution is -2.61. The van der Waals surface area contributed by atoms with Crippen molar-refractivity contribution in [1.82, 2.24) is 30.4 Å². The van der Waals surface area contributed by atoms with Crippen molar-refractivity contribution in [3.8, 4) is 0 Å². The highest BCUT2D eigenvalue weighted by molar-refractivity contribution is 5.82. The number of nitrogens with one attached hydrogen (secondary N) is 3. The average Bonchev–Trinajstić information content (AvgIpc) is 3.17. The Labute approximate surface area is 155 Å². The molecule has 2 aliphatic rings. The van der Waals surface area contributed by atoms with E-state index in [1.165, 1.54) is 6.20 Å².